The third kappa shape index (κ3) is 4.75. The number of carboxylic acids is 1. The maximum Gasteiger partial charge on any atom is 0.317 e. The Labute approximate surface area is 149 Å². The predicted molar refractivity (Wildman–Crippen MR) is 97.7 cm³/mol. The van der Waals surface area contributed by atoms with Crippen LogP contribution in [0.4, 0.5) is 0 Å². The number of piperidine rings is 1. The molecular formula is C20H28N2O3. The molecule has 25 heavy (non-hydrogen) atoms. The molecule has 1 aromatic rings. The van der Waals surface area contributed by atoms with E-state index >= 15 is 0 Å². The summed E-state index contributed by atoms with van der Waals surface area (Å²) in [6.07, 6.45) is 3.06. The van der Waals surface area contributed by atoms with Gasteiger partial charge in [0.1, 0.15) is 5.75 Å². The molecule has 0 aromatic heterocycles. The number of hydrogen-bond acceptors (Lipinski definition) is 4. The number of carboxylic acid groups (broad SMARTS) is 1. The van der Waals surface area contributed by atoms with E-state index < -0.39 is 5.97 Å². The first-order valence-electron chi connectivity index (χ1n) is 9.10. The molecule has 0 amide bonds. The number of ether oxygens (including phenoxy) is 1. The maximum absolute atomic E-state index is 10.8. The minimum absolute atomic E-state index is 0.150. The average molecular weight is 344 g/mol. The van der Waals surface area contributed by atoms with Crippen molar-refractivity contribution in [3.05, 3.63) is 41.6 Å². The Balaban J connectivity index is 1.50. The van der Waals surface area contributed by atoms with Crippen molar-refractivity contribution in [1.29, 1.82) is 0 Å². The molecule has 1 saturated heterocycles. The number of fused-ring (bicyclic) bond motifs is 1. The summed E-state index contributed by atoms with van der Waals surface area (Å²) < 4.78 is 6.05. The lowest BCUT2D eigenvalue weighted by Gasteiger charge is -2.32. The van der Waals surface area contributed by atoms with Crippen LogP contribution < -0.4 is 4.74 Å². The minimum Gasteiger partial charge on any atom is -0.493 e. The van der Waals surface area contributed by atoms with E-state index in [1.165, 1.54) is 11.1 Å². The molecule has 2 aliphatic heterocycles. The highest BCUT2D eigenvalue weighted by molar-refractivity contribution is 5.69. The fraction of sp³-hybridized carbons (Fsp3) is 0.550. The second-order valence-electron chi connectivity index (χ2n) is 7.26. The van der Waals surface area contributed by atoms with Gasteiger partial charge in [-0.15, -0.1) is 0 Å². The summed E-state index contributed by atoms with van der Waals surface area (Å²) in [7, 11) is 0. The Hall–Kier alpha value is -2.01. The Morgan fingerprint density at radius 2 is 2.04 bits per heavy atom. The zero-order valence-electron chi connectivity index (χ0n) is 15.0. The zero-order chi connectivity index (χ0) is 17.8. The van der Waals surface area contributed by atoms with E-state index in [1.54, 1.807) is 0 Å². The molecular weight excluding hydrogens is 316 g/mol. The molecule has 0 spiro atoms. The summed E-state index contributed by atoms with van der Waals surface area (Å²) in [4.78, 5) is 15.1. The smallest absolute Gasteiger partial charge is 0.317 e. The highest BCUT2D eigenvalue weighted by atomic mass is 16.5. The number of allylic oxidation sites excluding steroid dienone is 1. The molecule has 1 fully saturated rings. The molecule has 0 saturated carbocycles. The van der Waals surface area contributed by atoms with Crippen molar-refractivity contribution in [2.75, 3.05) is 32.8 Å². The summed E-state index contributed by atoms with van der Waals surface area (Å²) in [5, 5.41) is 8.86. The Kier molecular flexibility index (Phi) is 5.63. The standard InChI is InChI=1S/C20H28N2O3/c1-15(2)22-10-7-17-3-4-19(11-18(17)12-22)25-14-16-5-8-21(9-6-16)13-20(23)24/h3-4,11,16H,1,5-10,12-14H2,2H3,(H,23,24). The van der Waals surface area contributed by atoms with Gasteiger partial charge in [0.2, 0.25) is 0 Å². The Morgan fingerprint density at radius 1 is 1.28 bits per heavy atom. The highest BCUT2D eigenvalue weighted by Gasteiger charge is 2.21. The van der Waals surface area contributed by atoms with Gasteiger partial charge in [0.05, 0.1) is 13.2 Å². The monoisotopic (exact) mass is 344 g/mol. The number of carbonyl (C=O) groups is 1. The minimum atomic E-state index is -0.743. The molecule has 0 radical (unpaired) electrons. The summed E-state index contributed by atoms with van der Waals surface area (Å²) in [6.45, 7) is 10.6. The van der Waals surface area contributed by atoms with Crippen molar-refractivity contribution in [2.45, 2.75) is 32.7 Å². The van der Waals surface area contributed by atoms with Gasteiger partial charge in [-0.05, 0) is 68.5 Å². The fourth-order valence-corrected chi connectivity index (χ4v) is 3.67. The van der Waals surface area contributed by atoms with Gasteiger partial charge in [0.15, 0.2) is 0 Å². The largest absolute Gasteiger partial charge is 0.493 e. The van der Waals surface area contributed by atoms with Gasteiger partial charge in [0, 0.05) is 18.8 Å². The third-order valence-corrected chi connectivity index (χ3v) is 5.28. The third-order valence-electron chi connectivity index (χ3n) is 5.28. The number of likely N-dealkylation sites (tertiary alicyclic amines) is 1. The van der Waals surface area contributed by atoms with Gasteiger partial charge in [-0.3, -0.25) is 9.69 Å². The van der Waals surface area contributed by atoms with Crippen LogP contribution in [0.2, 0.25) is 0 Å². The lowest BCUT2D eigenvalue weighted by atomic mass is 9.97. The quantitative estimate of drug-likeness (QED) is 0.860. The summed E-state index contributed by atoms with van der Waals surface area (Å²) in [6, 6.07) is 6.44. The number of aliphatic carboxylic acids is 1. The second kappa shape index (κ2) is 7.91. The molecule has 0 aliphatic carbocycles. The van der Waals surface area contributed by atoms with Gasteiger partial charge >= 0.3 is 5.97 Å². The van der Waals surface area contributed by atoms with Crippen LogP contribution in [0.25, 0.3) is 0 Å². The summed E-state index contributed by atoms with van der Waals surface area (Å²) >= 11 is 0. The van der Waals surface area contributed by atoms with E-state index in [-0.39, 0.29) is 6.54 Å². The van der Waals surface area contributed by atoms with Crippen LogP contribution in [0.15, 0.2) is 30.5 Å². The molecule has 2 heterocycles. The molecule has 136 valence electrons. The number of nitrogens with zero attached hydrogens (tertiary/aromatic N) is 2. The van der Waals surface area contributed by atoms with Gasteiger partial charge < -0.3 is 14.7 Å². The first kappa shape index (κ1) is 17.8. The van der Waals surface area contributed by atoms with Crippen LogP contribution in [-0.2, 0) is 17.8 Å². The zero-order valence-corrected chi connectivity index (χ0v) is 15.0. The van der Waals surface area contributed by atoms with Crippen molar-refractivity contribution in [3.8, 4) is 5.75 Å². The lowest BCUT2D eigenvalue weighted by Crippen LogP contribution is -2.38. The Bertz CT molecular complexity index is 636. The summed E-state index contributed by atoms with van der Waals surface area (Å²) in [5.74, 6) is 0.704. The second-order valence-corrected chi connectivity index (χ2v) is 7.26. The molecule has 0 unspecified atom stereocenters. The van der Waals surface area contributed by atoms with Crippen LogP contribution in [-0.4, -0.2) is 53.7 Å². The van der Waals surface area contributed by atoms with Gasteiger partial charge in [-0.2, -0.15) is 0 Å². The van der Waals surface area contributed by atoms with Crippen LogP contribution in [0, 0.1) is 5.92 Å². The molecule has 2 aliphatic rings. The van der Waals surface area contributed by atoms with Crippen LogP contribution in [0.5, 0.6) is 5.75 Å². The highest BCUT2D eigenvalue weighted by Crippen LogP contribution is 2.26. The number of hydrogen-bond donors (Lipinski definition) is 1. The maximum atomic E-state index is 10.8. The van der Waals surface area contributed by atoms with Crippen LogP contribution >= 0.6 is 0 Å². The van der Waals surface area contributed by atoms with Crippen molar-refractivity contribution < 1.29 is 14.6 Å². The normalized spacial score (nSPS) is 18.7. The molecule has 0 bridgehead atoms. The van der Waals surface area contributed by atoms with E-state index in [2.05, 4.69) is 36.6 Å². The van der Waals surface area contributed by atoms with Crippen molar-refractivity contribution in [3.63, 3.8) is 0 Å². The van der Waals surface area contributed by atoms with E-state index in [0.717, 1.165) is 56.9 Å². The van der Waals surface area contributed by atoms with Crippen molar-refractivity contribution in [2.24, 2.45) is 5.92 Å². The predicted octanol–water partition coefficient (Wildman–Crippen LogP) is 2.75. The van der Waals surface area contributed by atoms with E-state index in [0.29, 0.717) is 12.5 Å². The van der Waals surface area contributed by atoms with Gasteiger partial charge in [-0.1, -0.05) is 12.6 Å². The molecule has 3 rings (SSSR count). The van der Waals surface area contributed by atoms with E-state index in [9.17, 15) is 4.79 Å². The Morgan fingerprint density at radius 3 is 2.72 bits per heavy atom. The number of benzene rings is 1. The molecule has 0 atom stereocenters. The molecule has 5 nitrogen and oxygen atoms in total. The molecule has 1 aromatic carbocycles. The summed E-state index contributed by atoms with van der Waals surface area (Å²) in [5.41, 5.74) is 3.86. The first-order chi connectivity index (χ1) is 12.0. The van der Waals surface area contributed by atoms with E-state index in [1.807, 2.05) is 4.90 Å². The van der Waals surface area contributed by atoms with Gasteiger partial charge in [-0.25, -0.2) is 0 Å². The van der Waals surface area contributed by atoms with Gasteiger partial charge in [0.25, 0.3) is 0 Å². The molecule has 1 N–H and O–H groups in total. The lowest BCUT2D eigenvalue weighted by molar-refractivity contribution is -0.138. The van der Waals surface area contributed by atoms with E-state index in [4.69, 9.17) is 9.84 Å². The first-order valence-corrected chi connectivity index (χ1v) is 9.10. The SMILES string of the molecule is C=C(C)N1CCc2ccc(OCC3CCN(CC(=O)O)CC3)cc2C1. The number of rotatable bonds is 6. The van der Waals surface area contributed by atoms with Crippen molar-refractivity contribution >= 4 is 5.97 Å². The fourth-order valence-electron chi connectivity index (χ4n) is 3.67. The van der Waals surface area contributed by atoms with Crippen LogP contribution in [0.3, 0.4) is 0 Å². The molecule has 5 heteroatoms. The average Bonchev–Trinajstić information content (AvgIpc) is 2.60. The van der Waals surface area contributed by atoms with Crippen LogP contribution in [0.1, 0.15) is 30.9 Å². The topological polar surface area (TPSA) is 53.0 Å². The van der Waals surface area contributed by atoms with Crippen molar-refractivity contribution in [1.82, 2.24) is 9.80 Å².